The summed E-state index contributed by atoms with van der Waals surface area (Å²) < 4.78 is 14.0. The Bertz CT molecular complexity index is 847. The molecule has 0 aliphatic rings. The number of hydrogen-bond acceptors (Lipinski definition) is 3. The van der Waals surface area contributed by atoms with Crippen molar-refractivity contribution in [2.45, 2.75) is 26.2 Å². The largest absolute Gasteiger partial charge is 0.405 e. The Morgan fingerprint density at radius 2 is 2.12 bits per heavy atom. The number of aliphatic imine (C=N–C) groups is 1. The van der Waals surface area contributed by atoms with E-state index in [0.717, 1.165) is 24.1 Å². The number of allylic oxidation sites excluding steroid dienone is 1. The molecule has 2 rings (SSSR count). The number of hydrogen-bond donors (Lipinski definition) is 1. The number of rotatable bonds is 7. The van der Waals surface area contributed by atoms with Gasteiger partial charge in [0, 0.05) is 7.05 Å². The zero-order chi connectivity index (χ0) is 18.9. The fourth-order valence-corrected chi connectivity index (χ4v) is 2.95. The Kier molecular flexibility index (Phi) is 7.11. The Morgan fingerprint density at radius 1 is 1.31 bits per heavy atom. The van der Waals surface area contributed by atoms with Crippen LogP contribution in [0, 0.1) is 23.1 Å². The smallest absolute Gasteiger partial charge is 0.127 e. The van der Waals surface area contributed by atoms with Crippen molar-refractivity contribution in [3.63, 3.8) is 0 Å². The number of halogens is 1. The van der Waals surface area contributed by atoms with Crippen LogP contribution < -0.4 is 5.73 Å². The maximum atomic E-state index is 14.0. The van der Waals surface area contributed by atoms with Crippen LogP contribution in [0.5, 0.6) is 0 Å². The van der Waals surface area contributed by atoms with Crippen LogP contribution in [-0.4, -0.2) is 12.8 Å². The molecule has 4 heteroatoms. The van der Waals surface area contributed by atoms with E-state index < -0.39 is 0 Å². The first-order valence-electron chi connectivity index (χ1n) is 8.70. The monoisotopic (exact) mass is 349 g/mol. The second-order valence-corrected chi connectivity index (χ2v) is 6.43. The van der Waals surface area contributed by atoms with Gasteiger partial charge in [0.25, 0.3) is 0 Å². The molecule has 3 nitrogen and oxygen atoms in total. The Hall–Kier alpha value is -2.93. The van der Waals surface area contributed by atoms with Gasteiger partial charge in [-0.1, -0.05) is 31.2 Å². The van der Waals surface area contributed by atoms with Gasteiger partial charge in [-0.3, -0.25) is 4.99 Å². The molecular weight excluding hydrogens is 325 g/mol. The molecule has 0 spiro atoms. The number of nitrogens with zero attached hydrogens (tertiary/aromatic N) is 2. The lowest BCUT2D eigenvalue weighted by Gasteiger charge is -2.13. The minimum Gasteiger partial charge on any atom is -0.405 e. The standard InChI is InChI=1S/C22H24FN3/c1-16(12-19-9-8-18(15-25)14-21(19)23)6-7-17-4-3-5-20(13-17)22(26-2)10-11-24/h3-5,8-11,13-14,16H,6-7,12,24H2,1-2H3. The third-order valence-electron chi connectivity index (χ3n) is 4.39. The minimum atomic E-state index is -0.296. The van der Waals surface area contributed by atoms with Crippen molar-refractivity contribution in [3.05, 3.63) is 82.8 Å². The Balaban J connectivity index is 1.99. The van der Waals surface area contributed by atoms with E-state index in [9.17, 15) is 4.39 Å². The van der Waals surface area contributed by atoms with Crippen LogP contribution in [0.2, 0.25) is 0 Å². The molecule has 0 bridgehead atoms. The predicted molar refractivity (Wildman–Crippen MR) is 105 cm³/mol. The normalized spacial score (nSPS) is 12.9. The first-order chi connectivity index (χ1) is 12.6. The van der Waals surface area contributed by atoms with Gasteiger partial charge >= 0.3 is 0 Å². The molecule has 0 fully saturated rings. The van der Waals surface area contributed by atoms with E-state index in [0.29, 0.717) is 23.5 Å². The maximum Gasteiger partial charge on any atom is 0.127 e. The van der Waals surface area contributed by atoms with Crippen molar-refractivity contribution < 1.29 is 4.39 Å². The molecule has 26 heavy (non-hydrogen) atoms. The SMILES string of the molecule is CN=C(C=CN)c1cccc(CCC(C)Cc2ccc(C#N)cc2F)c1. The first kappa shape index (κ1) is 19.4. The molecule has 2 N–H and O–H groups in total. The summed E-state index contributed by atoms with van der Waals surface area (Å²) in [5.74, 6) is 0.0413. The summed E-state index contributed by atoms with van der Waals surface area (Å²) in [6.07, 6.45) is 5.80. The van der Waals surface area contributed by atoms with Crippen molar-refractivity contribution in [1.29, 1.82) is 5.26 Å². The zero-order valence-corrected chi connectivity index (χ0v) is 15.2. The molecular formula is C22H24FN3. The molecule has 0 aliphatic carbocycles. The summed E-state index contributed by atoms with van der Waals surface area (Å²) in [7, 11) is 1.75. The maximum absolute atomic E-state index is 14.0. The Morgan fingerprint density at radius 3 is 2.77 bits per heavy atom. The van der Waals surface area contributed by atoms with Crippen LogP contribution in [0.4, 0.5) is 4.39 Å². The second kappa shape index (κ2) is 9.53. The highest BCUT2D eigenvalue weighted by Crippen LogP contribution is 2.19. The second-order valence-electron chi connectivity index (χ2n) is 6.43. The third kappa shape index (κ3) is 5.29. The molecule has 2 aromatic rings. The highest BCUT2D eigenvalue weighted by atomic mass is 19.1. The topological polar surface area (TPSA) is 62.2 Å². The van der Waals surface area contributed by atoms with Crippen LogP contribution in [0.1, 0.15) is 35.6 Å². The van der Waals surface area contributed by atoms with Crippen molar-refractivity contribution in [1.82, 2.24) is 0 Å². The zero-order valence-electron chi connectivity index (χ0n) is 15.2. The molecule has 0 heterocycles. The number of aryl methyl sites for hydroxylation is 1. The summed E-state index contributed by atoms with van der Waals surface area (Å²) in [5.41, 5.74) is 9.61. The molecule has 0 aromatic heterocycles. The third-order valence-corrected chi connectivity index (χ3v) is 4.39. The summed E-state index contributed by atoms with van der Waals surface area (Å²) in [4.78, 5) is 4.25. The van der Waals surface area contributed by atoms with Gasteiger partial charge in [-0.05, 0) is 72.3 Å². The molecule has 134 valence electrons. The van der Waals surface area contributed by atoms with E-state index >= 15 is 0 Å². The van der Waals surface area contributed by atoms with Gasteiger partial charge in [-0.15, -0.1) is 0 Å². The molecule has 0 radical (unpaired) electrons. The van der Waals surface area contributed by atoms with Gasteiger partial charge in [0.2, 0.25) is 0 Å². The van der Waals surface area contributed by atoms with Gasteiger partial charge in [0.1, 0.15) is 5.82 Å². The number of nitriles is 1. The molecule has 0 saturated heterocycles. The summed E-state index contributed by atoms with van der Waals surface area (Å²) in [6.45, 7) is 2.12. The fraction of sp³-hybridized carbons (Fsp3) is 0.273. The molecule has 0 saturated carbocycles. The van der Waals surface area contributed by atoms with Crippen molar-refractivity contribution in [2.75, 3.05) is 7.05 Å². The van der Waals surface area contributed by atoms with Crippen LogP contribution in [0.15, 0.2) is 59.7 Å². The molecule has 0 aliphatic heterocycles. The van der Waals surface area contributed by atoms with Gasteiger partial charge in [0.05, 0.1) is 17.3 Å². The van der Waals surface area contributed by atoms with Crippen molar-refractivity contribution in [3.8, 4) is 6.07 Å². The fourth-order valence-electron chi connectivity index (χ4n) is 2.95. The van der Waals surface area contributed by atoms with Crippen molar-refractivity contribution >= 4 is 5.71 Å². The van der Waals surface area contributed by atoms with Gasteiger partial charge in [0.15, 0.2) is 0 Å². The van der Waals surface area contributed by atoms with E-state index in [-0.39, 0.29) is 5.82 Å². The van der Waals surface area contributed by atoms with E-state index in [2.05, 4.69) is 24.0 Å². The predicted octanol–water partition coefficient (Wildman–Crippen LogP) is 4.40. The van der Waals surface area contributed by atoms with E-state index in [1.807, 2.05) is 18.2 Å². The summed E-state index contributed by atoms with van der Waals surface area (Å²) >= 11 is 0. The highest BCUT2D eigenvalue weighted by molar-refractivity contribution is 6.08. The van der Waals surface area contributed by atoms with E-state index in [4.69, 9.17) is 11.0 Å². The van der Waals surface area contributed by atoms with Gasteiger partial charge < -0.3 is 5.73 Å². The molecule has 2 aromatic carbocycles. The molecule has 1 unspecified atom stereocenters. The van der Waals surface area contributed by atoms with Gasteiger partial charge in [-0.25, -0.2) is 4.39 Å². The lowest BCUT2D eigenvalue weighted by Crippen LogP contribution is -2.05. The average Bonchev–Trinajstić information content (AvgIpc) is 2.66. The quantitative estimate of drug-likeness (QED) is 0.753. The average molecular weight is 349 g/mol. The van der Waals surface area contributed by atoms with Crippen LogP contribution in [0.3, 0.4) is 0 Å². The van der Waals surface area contributed by atoms with Crippen LogP contribution in [-0.2, 0) is 12.8 Å². The van der Waals surface area contributed by atoms with Crippen LogP contribution >= 0.6 is 0 Å². The van der Waals surface area contributed by atoms with Crippen molar-refractivity contribution in [2.24, 2.45) is 16.6 Å². The van der Waals surface area contributed by atoms with Crippen LogP contribution in [0.25, 0.3) is 0 Å². The molecule has 0 amide bonds. The first-order valence-corrected chi connectivity index (χ1v) is 8.70. The highest BCUT2D eigenvalue weighted by Gasteiger charge is 2.10. The number of benzene rings is 2. The lowest BCUT2D eigenvalue weighted by atomic mass is 9.93. The minimum absolute atomic E-state index is 0.296. The summed E-state index contributed by atoms with van der Waals surface area (Å²) in [6, 6.07) is 14.9. The number of nitrogens with two attached hydrogens (primary N) is 1. The summed E-state index contributed by atoms with van der Waals surface area (Å²) in [5, 5.41) is 8.82. The van der Waals surface area contributed by atoms with E-state index in [1.165, 1.54) is 17.8 Å². The lowest BCUT2D eigenvalue weighted by molar-refractivity contribution is 0.510. The Labute approximate surface area is 154 Å². The van der Waals surface area contributed by atoms with Gasteiger partial charge in [-0.2, -0.15) is 5.26 Å². The molecule has 1 atom stereocenters. The van der Waals surface area contributed by atoms with E-state index in [1.54, 1.807) is 25.3 Å².